The molecule has 0 unspecified atom stereocenters. The Hall–Kier alpha value is -0.380. The van der Waals surface area contributed by atoms with E-state index in [1.165, 1.54) is 11.9 Å². The van der Waals surface area contributed by atoms with Gasteiger partial charge in [0.2, 0.25) is 0 Å². The summed E-state index contributed by atoms with van der Waals surface area (Å²) in [6.07, 6.45) is 1.93. The number of carbonyl (C=O) groups is 1. The second-order valence-electron chi connectivity index (χ2n) is 2.02. The maximum atomic E-state index is 10.7. The van der Waals surface area contributed by atoms with E-state index in [1.807, 2.05) is 0 Å². The lowest BCUT2D eigenvalue weighted by molar-refractivity contribution is 0.159. The van der Waals surface area contributed by atoms with Crippen LogP contribution in [0.1, 0.15) is 26.7 Å². The highest BCUT2D eigenvalue weighted by Gasteiger charge is 1.97. The van der Waals surface area contributed by atoms with Gasteiger partial charge in [-0.15, -0.1) is 0 Å². The molecule has 0 saturated carbocycles. The third-order valence-corrected chi connectivity index (χ3v) is 1.83. The van der Waals surface area contributed by atoms with Gasteiger partial charge in [-0.25, -0.2) is 4.79 Å². The van der Waals surface area contributed by atoms with Crippen molar-refractivity contribution in [2.24, 2.45) is 0 Å². The molecule has 0 aliphatic carbocycles. The molecule has 3 nitrogen and oxygen atoms in total. The zero-order chi connectivity index (χ0) is 8.53. The van der Waals surface area contributed by atoms with Gasteiger partial charge in [-0.3, -0.25) is 4.72 Å². The summed E-state index contributed by atoms with van der Waals surface area (Å²) in [5, 5.41) is 0. The van der Waals surface area contributed by atoms with Crippen molar-refractivity contribution >= 4 is 18.0 Å². The fraction of sp³-hybridized carbons (Fsp3) is 0.857. The first-order valence-electron chi connectivity index (χ1n) is 3.85. The Kier molecular flexibility index (Phi) is 7.46. The number of rotatable bonds is 5. The molecule has 66 valence electrons. The van der Waals surface area contributed by atoms with Gasteiger partial charge in [-0.2, -0.15) is 0 Å². The minimum atomic E-state index is -0.339. The molecule has 0 rings (SSSR count). The van der Waals surface area contributed by atoms with Gasteiger partial charge in [0, 0.05) is 5.75 Å². The molecule has 0 saturated heterocycles. The van der Waals surface area contributed by atoms with Crippen LogP contribution in [-0.2, 0) is 4.74 Å². The predicted octanol–water partition coefficient (Wildman–Crippen LogP) is 2.18. The summed E-state index contributed by atoms with van der Waals surface area (Å²) in [5.41, 5.74) is 0. The molecular weight excluding hydrogens is 162 g/mol. The summed E-state index contributed by atoms with van der Waals surface area (Å²) >= 11 is 1.40. The van der Waals surface area contributed by atoms with Gasteiger partial charge in [0.1, 0.15) is 0 Å². The van der Waals surface area contributed by atoms with Crippen LogP contribution in [0.5, 0.6) is 0 Å². The second-order valence-corrected chi connectivity index (χ2v) is 2.93. The van der Waals surface area contributed by atoms with Crippen LogP contribution in [0.4, 0.5) is 4.79 Å². The van der Waals surface area contributed by atoms with Gasteiger partial charge in [-0.1, -0.05) is 13.3 Å². The SMILES string of the molecule is CCCCSNC(=O)OCC. The third kappa shape index (κ3) is 7.52. The van der Waals surface area contributed by atoms with E-state index in [0.717, 1.165) is 18.6 Å². The number of unbranched alkanes of at least 4 members (excludes halogenated alkanes) is 1. The average molecular weight is 177 g/mol. The summed E-state index contributed by atoms with van der Waals surface area (Å²) < 4.78 is 7.23. The van der Waals surface area contributed by atoms with Crippen LogP contribution in [0.25, 0.3) is 0 Å². The monoisotopic (exact) mass is 177 g/mol. The van der Waals surface area contributed by atoms with E-state index >= 15 is 0 Å². The Morgan fingerprint density at radius 3 is 2.82 bits per heavy atom. The lowest BCUT2D eigenvalue weighted by Gasteiger charge is -2.02. The number of ether oxygens (including phenoxy) is 1. The van der Waals surface area contributed by atoms with E-state index in [-0.39, 0.29) is 6.09 Å². The normalized spacial score (nSPS) is 9.27. The zero-order valence-corrected chi connectivity index (χ0v) is 7.87. The highest BCUT2D eigenvalue weighted by molar-refractivity contribution is 7.97. The molecule has 0 spiro atoms. The van der Waals surface area contributed by atoms with Gasteiger partial charge in [-0.05, 0) is 25.3 Å². The molecule has 1 amide bonds. The van der Waals surface area contributed by atoms with Crippen LogP contribution in [0.3, 0.4) is 0 Å². The van der Waals surface area contributed by atoms with Crippen molar-refractivity contribution in [3.8, 4) is 0 Å². The lowest BCUT2D eigenvalue weighted by Crippen LogP contribution is -2.17. The molecule has 4 heteroatoms. The largest absolute Gasteiger partial charge is 0.449 e. The molecular formula is C7H15NO2S. The Morgan fingerprint density at radius 1 is 1.55 bits per heavy atom. The van der Waals surface area contributed by atoms with Crippen molar-refractivity contribution in [2.45, 2.75) is 26.7 Å². The standard InChI is InChI=1S/C7H15NO2S/c1-3-5-6-11-8-7(9)10-4-2/h3-6H2,1-2H3,(H,8,9). The smallest absolute Gasteiger partial charge is 0.417 e. The maximum Gasteiger partial charge on any atom is 0.417 e. The molecule has 0 aromatic rings. The van der Waals surface area contributed by atoms with Crippen molar-refractivity contribution in [1.82, 2.24) is 4.72 Å². The van der Waals surface area contributed by atoms with Crippen molar-refractivity contribution in [2.75, 3.05) is 12.4 Å². The van der Waals surface area contributed by atoms with Crippen LogP contribution in [-0.4, -0.2) is 18.5 Å². The van der Waals surface area contributed by atoms with E-state index in [4.69, 9.17) is 0 Å². The minimum Gasteiger partial charge on any atom is -0.449 e. The molecule has 0 aliphatic heterocycles. The first-order chi connectivity index (χ1) is 5.31. The van der Waals surface area contributed by atoms with Crippen LogP contribution < -0.4 is 4.72 Å². The third-order valence-electron chi connectivity index (χ3n) is 1.03. The number of amides is 1. The molecule has 0 aromatic carbocycles. The molecule has 0 fully saturated rings. The highest BCUT2D eigenvalue weighted by atomic mass is 32.2. The van der Waals surface area contributed by atoms with Crippen molar-refractivity contribution < 1.29 is 9.53 Å². The zero-order valence-electron chi connectivity index (χ0n) is 7.05. The molecule has 0 bridgehead atoms. The van der Waals surface area contributed by atoms with Crippen LogP contribution in [0, 0.1) is 0 Å². The van der Waals surface area contributed by atoms with E-state index in [1.54, 1.807) is 6.92 Å². The van der Waals surface area contributed by atoms with E-state index in [0.29, 0.717) is 6.61 Å². The summed E-state index contributed by atoms with van der Waals surface area (Å²) in [4.78, 5) is 10.7. The number of hydrogen-bond donors (Lipinski definition) is 1. The number of carbonyl (C=O) groups excluding carboxylic acids is 1. The maximum absolute atomic E-state index is 10.7. The molecule has 0 heterocycles. The Morgan fingerprint density at radius 2 is 2.27 bits per heavy atom. The van der Waals surface area contributed by atoms with Crippen LogP contribution in [0.2, 0.25) is 0 Å². The molecule has 0 aromatic heterocycles. The topological polar surface area (TPSA) is 38.3 Å². The molecule has 0 radical (unpaired) electrons. The second kappa shape index (κ2) is 7.72. The van der Waals surface area contributed by atoms with Gasteiger partial charge >= 0.3 is 6.09 Å². The fourth-order valence-corrected chi connectivity index (χ4v) is 1.20. The molecule has 11 heavy (non-hydrogen) atoms. The molecule has 0 atom stereocenters. The Labute approximate surface area is 72.0 Å². The van der Waals surface area contributed by atoms with Crippen LogP contribution in [0.15, 0.2) is 0 Å². The Bertz CT molecular complexity index is 109. The molecule has 1 N–H and O–H groups in total. The summed E-state index contributed by atoms with van der Waals surface area (Å²) in [7, 11) is 0. The van der Waals surface area contributed by atoms with Crippen LogP contribution >= 0.6 is 11.9 Å². The first kappa shape index (κ1) is 10.6. The van der Waals surface area contributed by atoms with E-state index in [9.17, 15) is 4.79 Å². The van der Waals surface area contributed by atoms with E-state index in [2.05, 4.69) is 16.4 Å². The summed E-state index contributed by atoms with van der Waals surface area (Å²) in [6.45, 7) is 4.33. The van der Waals surface area contributed by atoms with Gasteiger partial charge < -0.3 is 4.74 Å². The average Bonchev–Trinajstić information content (AvgIpc) is 1.99. The predicted molar refractivity (Wildman–Crippen MR) is 47.5 cm³/mol. The minimum absolute atomic E-state index is 0.339. The van der Waals surface area contributed by atoms with Gasteiger partial charge in [0.15, 0.2) is 0 Å². The van der Waals surface area contributed by atoms with Crippen molar-refractivity contribution in [3.63, 3.8) is 0 Å². The van der Waals surface area contributed by atoms with Crippen molar-refractivity contribution in [3.05, 3.63) is 0 Å². The van der Waals surface area contributed by atoms with Crippen molar-refractivity contribution in [1.29, 1.82) is 0 Å². The summed E-state index contributed by atoms with van der Waals surface area (Å²) in [5.74, 6) is 0.954. The van der Waals surface area contributed by atoms with Gasteiger partial charge in [0.25, 0.3) is 0 Å². The Balaban J connectivity index is 3.04. The molecule has 0 aliphatic rings. The number of nitrogens with one attached hydrogen (secondary N) is 1. The lowest BCUT2D eigenvalue weighted by atomic mass is 10.4. The van der Waals surface area contributed by atoms with Gasteiger partial charge in [0.05, 0.1) is 6.61 Å². The first-order valence-corrected chi connectivity index (χ1v) is 4.84. The van der Waals surface area contributed by atoms with E-state index < -0.39 is 0 Å². The highest BCUT2D eigenvalue weighted by Crippen LogP contribution is 1.99. The number of hydrogen-bond acceptors (Lipinski definition) is 3. The quantitative estimate of drug-likeness (QED) is 0.516. The fourth-order valence-electron chi connectivity index (χ4n) is 0.487. The summed E-state index contributed by atoms with van der Waals surface area (Å²) in [6, 6.07) is 0.